The monoisotopic (exact) mass is 442 g/mol. The third kappa shape index (κ3) is 5.77. The minimum absolute atomic E-state index is 0.181. The van der Waals surface area contributed by atoms with Crippen LogP contribution in [0.25, 0.3) is 0 Å². The number of morpholine rings is 1. The summed E-state index contributed by atoms with van der Waals surface area (Å²) in [6, 6.07) is 2.96. The molecule has 0 bridgehead atoms. The number of rotatable bonds is 7. The highest BCUT2D eigenvalue weighted by molar-refractivity contribution is 7.89. The fraction of sp³-hybridized carbons (Fsp3) is 0.600. The lowest BCUT2D eigenvalue weighted by atomic mass is 9.89. The van der Waals surface area contributed by atoms with E-state index in [0.29, 0.717) is 12.5 Å². The first-order valence-electron chi connectivity index (χ1n) is 10.2. The first-order chi connectivity index (χ1) is 14.4. The Bertz CT molecular complexity index is 864. The minimum atomic E-state index is -3.89. The van der Waals surface area contributed by atoms with E-state index in [1.54, 1.807) is 0 Å². The zero-order valence-corrected chi connectivity index (χ0v) is 17.6. The summed E-state index contributed by atoms with van der Waals surface area (Å²) in [5.74, 6) is -2.03. The Balaban J connectivity index is 1.58. The van der Waals surface area contributed by atoms with Crippen molar-refractivity contribution in [2.75, 3.05) is 39.5 Å². The van der Waals surface area contributed by atoms with E-state index in [-0.39, 0.29) is 31.2 Å². The van der Waals surface area contributed by atoms with Gasteiger partial charge in [-0.25, -0.2) is 17.6 Å². The number of ether oxygens (including phenoxy) is 2. The highest BCUT2D eigenvalue weighted by atomic mass is 32.2. The summed E-state index contributed by atoms with van der Waals surface area (Å²) < 4.78 is 50.8. The van der Waals surface area contributed by atoms with Gasteiger partial charge in [-0.05, 0) is 37.0 Å². The normalized spacial score (nSPS) is 18.7. The standard InChI is InChI=1S/C20H27FN2O6S/c21-18-7-6-16(30(26,27)23-8-10-28-11-9-23)12-17(18)20(25)29-14-19(24)22-13-15-4-2-1-3-5-15/h6-7,12,15H,1-5,8-11,13-14H2,(H,22,24). The highest BCUT2D eigenvalue weighted by Gasteiger charge is 2.28. The molecule has 1 aromatic carbocycles. The fourth-order valence-electron chi connectivity index (χ4n) is 3.67. The summed E-state index contributed by atoms with van der Waals surface area (Å²) >= 11 is 0. The topological polar surface area (TPSA) is 102 Å². The Morgan fingerprint density at radius 3 is 2.57 bits per heavy atom. The van der Waals surface area contributed by atoms with Crippen LogP contribution in [0.5, 0.6) is 0 Å². The van der Waals surface area contributed by atoms with Crippen LogP contribution in [-0.4, -0.2) is 64.1 Å². The van der Waals surface area contributed by atoms with Crippen LogP contribution in [0.4, 0.5) is 4.39 Å². The van der Waals surface area contributed by atoms with Crippen LogP contribution in [0.1, 0.15) is 42.5 Å². The molecule has 1 amide bonds. The van der Waals surface area contributed by atoms with E-state index in [1.807, 2.05) is 0 Å². The lowest BCUT2D eigenvalue weighted by Crippen LogP contribution is -2.40. The molecule has 0 spiro atoms. The Labute approximate surface area is 175 Å². The third-order valence-corrected chi connectivity index (χ3v) is 7.31. The summed E-state index contributed by atoms with van der Waals surface area (Å²) in [6.07, 6.45) is 5.65. The number of nitrogens with one attached hydrogen (secondary N) is 1. The van der Waals surface area contributed by atoms with E-state index in [0.717, 1.165) is 43.9 Å². The predicted octanol–water partition coefficient (Wildman–Crippen LogP) is 1.70. The van der Waals surface area contributed by atoms with Gasteiger partial charge in [0, 0.05) is 19.6 Å². The van der Waals surface area contributed by atoms with E-state index in [2.05, 4.69) is 5.32 Å². The van der Waals surface area contributed by atoms with Gasteiger partial charge < -0.3 is 14.8 Å². The van der Waals surface area contributed by atoms with Crippen molar-refractivity contribution in [1.82, 2.24) is 9.62 Å². The van der Waals surface area contributed by atoms with Crippen LogP contribution in [0.3, 0.4) is 0 Å². The van der Waals surface area contributed by atoms with Crippen molar-refractivity contribution in [3.63, 3.8) is 0 Å². The fourth-order valence-corrected chi connectivity index (χ4v) is 5.10. The molecule has 1 aromatic rings. The van der Waals surface area contributed by atoms with Crippen LogP contribution >= 0.6 is 0 Å². The lowest BCUT2D eigenvalue weighted by molar-refractivity contribution is -0.124. The summed E-state index contributed by atoms with van der Waals surface area (Å²) in [6.45, 7) is 0.876. The molecule has 0 radical (unpaired) electrons. The molecule has 3 rings (SSSR count). The van der Waals surface area contributed by atoms with Gasteiger partial charge in [0.2, 0.25) is 10.0 Å². The largest absolute Gasteiger partial charge is 0.452 e. The van der Waals surface area contributed by atoms with Gasteiger partial charge in [0.25, 0.3) is 5.91 Å². The summed E-state index contributed by atoms with van der Waals surface area (Å²) in [7, 11) is -3.89. The Hall–Kier alpha value is -2.04. The van der Waals surface area contributed by atoms with Gasteiger partial charge in [-0.15, -0.1) is 0 Å². The van der Waals surface area contributed by atoms with Crippen LogP contribution < -0.4 is 5.32 Å². The molecule has 2 fully saturated rings. The van der Waals surface area contributed by atoms with Crippen molar-refractivity contribution in [2.45, 2.75) is 37.0 Å². The quantitative estimate of drug-likeness (QED) is 0.645. The van der Waals surface area contributed by atoms with Gasteiger partial charge in [-0.1, -0.05) is 19.3 Å². The van der Waals surface area contributed by atoms with Gasteiger partial charge in [0.15, 0.2) is 6.61 Å². The Kier molecular flexibility index (Phi) is 7.79. The third-order valence-electron chi connectivity index (χ3n) is 5.41. The maximum Gasteiger partial charge on any atom is 0.341 e. The van der Waals surface area contributed by atoms with E-state index in [1.165, 1.54) is 10.7 Å². The van der Waals surface area contributed by atoms with Crippen LogP contribution in [0.15, 0.2) is 23.1 Å². The van der Waals surface area contributed by atoms with Crippen LogP contribution in [0, 0.1) is 11.7 Å². The Morgan fingerprint density at radius 1 is 1.17 bits per heavy atom. The first-order valence-corrected chi connectivity index (χ1v) is 11.6. The number of amides is 1. The molecule has 8 nitrogen and oxygen atoms in total. The highest BCUT2D eigenvalue weighted by Crippen LogP contribution is 2.23. The maximum absolute atomic E-state index is 14.1. The van der Waals surface area contributed by atoms with Crippen molar-refractivity contribution >= 4 is 21.9 Å². The number of hydrogen-bond donors (Lipinski definition) is 1. The maximum atomic E-state index is 14.1. The number of halogens is 1. The number of benzene rings is 1. The summed E-state index contributed by atoms with van der Waals surface area (Å²) in [4.78, 5) is 24.0. The van der Waals surface area contributed by atoms with Crippen molar-refractivity contribution in [3.8, 4) is 0 Å². The molecule has 1 saturated carbocycles. The van der Waals surface area contributed by atoms with Crippen molar-refractivity contribution in [2.24, 2.45) is 5.92 Å². The number of sulfonamides is 1. The molecule has 166 valence electrons. The molecule has 1 aliphatic carbocycles. The molecule has 0 atom stereocenters. The summed E-state index contributed by atoms with van der Waals surface area (Å²) in [5.41, 5.74) is -0.524. The molecule has 0 unspecified atom stereocenters. The first kappa shape index (κ1) is 22.6. The molecule has 30 heavy (non-hydrogen) atoms. The predicted molar refractivity (Wildman–Crippen MR) is 106 cm³/mol. The van der Waals surface area contributed by atoms with Crippen LogP contribution in [0.2, 0.25) is 0 Å². The summed E-state index contributed by atoms with van der Waals surface area (Å²) in [5, 5.41) is 2.73. The molecular formula is C20H27FN2O6S. The lowest BCUT2D eigenvalue weighted by Gasteiger charge is -2.26. The number of nitrogens with zero attached hydrogens (tertiary/aromatic N) is 1. The van der Waals surface area contributed by atoms with Gasteiger partial charge in [-0.2, -0.15) is 4.31 Å². The molecule has 10 heteroatoms. The molecule has 1 aliphatic heterocycles. The van der Waals surface area contributed by atoms with E-state index >= 15 is 0 Å². The minimum Gasteiger partial charge on any atom is -0.452 e. The zero-order valence-electron chi connectivity index (χ0n) is 16.8. The van der Waals surface area contributed by atoms with Gasteiger partial charge in [-0.3, -0.25) is 4.79 Å². The number of hydrogen-bond acceptors (Lipinski definition) is 6. The van der Waals surface area contributed by atoms with Gasteiger partial charge >= 0.3 is 5.97 Å². The second kappa shape index (κ2) is 10.3. The van der Waals surface area contributed by atoms with E-state index < -0.39 is 39.9 Å². The number of carbonyl (C=O) groups excluding carboxylic acids is 2. The van der Waals surface area contributed by atoms with E-state index in [4.69, 9.17) is 9.47 Å². The smallest absolute Gasteiger partial charge is 0.341 e. The van der Waals surface area contributed by atoms with Gasteiger partial charge in [0.05, 0.1) is 23.7 Å². The van der Waals surface area contributed by atoms with Crippen molar-refractivity contribution in [1.29, 1.82) is 0 Å². The second-order valence-corrected chi connectivity index (χ2v) is 9.48. The van der Waals surface area contributed by atoms with Crippen LogP contribution in [-0.2, 0) is 24.3 Å². The molecule has 1 heterocycles. The average molecular weight is 443 g/mol. The number of carbonyl (C=O) groups is 2. The molecule has 1 saturated heterocycles. The van der Waals surface area contributed by atoms with E-state index in [9.17, 15) is 22.4 Å². The SMILES string of the molecule is O=C(COC(=O)c1cc(S(=O)(=O)N2CCOCC2)ccc1F)NCC1CCCCC1. The number of esters is 1. The molecular weight excluding hydrogens is 415 g/mol. The average Bonchev–Trinajstić information content (AvgIpc) is 2.77. The van der Waals surface area contributed by atoms with Gasteiger partial charge in [0.1, 0.15) is 5.82 Å². The zero-order chi connectivity index (χ0) is 21.6. The molecule has 0 aromatic heterocycles. The Morgan fingerprint density at radius 2 is 1.87 bits per heavy atom. The van der Waals surface area contributed by atoms with Crippen molar-refractivity contribution in [3.05, 3.63) is 29.6 Å². The van der Waals surface area contributed by atoms with Crippen molar-refractivity contribution < 1.29 is 31.9 Å². The molecule has 2 aliphatic rings. The molecule has 1 N–H and O–H groups in total. The second-order valence-electron chi connectivity index (χ2n) is 7.54.